The van der Waals surface area contributed by atoms with E-state index < -0.39 is 11.8 Å². The normalized spacial score (nSPS) is 14.5. The first-order chi connectivity index (χ1) is 8.52. The Hall–Kier alpha value is -2.20. The Morgan fingerprint density at radius 1 is 0.889 bits per heavy atom. The van der Waals surface area contributed by atoms with Crippen LogP contribution < -0.4 is 0 Å². The average molecular weight is 241 g/mol. The van der Waals surface area contributed by atoms with E-state index in [-0.39, 0.29) is 5.06 Å². The lowest BCUT2D eigenvalue weighted by Gasteiger charge is -2.24. The van der Waals surface area contributed by atoms with E-state index in [0.717, 1.165) is 16.5 Å². The minimum absolute atomic E-state index is 0.205. The Kier molecular flexibility index (Phi) is 2.06. The van der Waals surface area contributed by atoms with Crippen LogP contribution in [0, 0.1) is 13.8 Å². The number of hydroxylamine groups is 2. The molecule has 1 aliphatic heterocycles. The summed E-state index contributed by atoms with van der Waals surface area (Å²) in [5, 5.41) is 11.3. The Labute approximate surface area is 103 Å². The molecule has 4 nitrogen and oxygen atoms in total. The Balaban J connectivity index is 2.60. The molecule has 90 valence electrons. The molecule has 0 radical (unpaired) electrons. The van der Waals surface area contributed by atoms with Crippen molar-refractivity contribution >= 4 is 22.6 Å². The number of nitrogens with zero attached hydrogens (tertiary/aromatic N) is 1. The zero-order valence-electron chi connectivity index (χ0n) is 10.0. The van der Waals surface area contributed by atoms with Crippen LogP contribution in [0.4, 0.5) is 0 Å². The average Bonchev–Trinajstić information content (AvgIpc) is 2.35. The van der Waals surface area contributed by atoms with Gasteiger partial charge in [-0.1, -0.05) is 24.3 Å². The molecule has 1 N–H and O–H groups in total. The first-order valence-corrected chi connectivity index (χ1v) is 5.63. The summed E-state index contributed by atoms with van der Waals surface area (Å²) in [5.74, 6) is -1.30. The molecule has 18 heavy (non-hydrogen) atoms. The summed E-state index contributed by atoms with van der Waals surface area (Å²) in [7, 11) is 0. The molecule has 1 heterocycles. The van der Waals surface area contributed by atoms with Crippen molar-refractivity contribution in [1.82, 2.24) is 5.06 Å². The highest BCUT2D eigenvalue weighted by Crippen LogP contribution is 2.33. The highest BCUT2D eigenvalue weighted by molar-refractivity contribution is 6.25. The Morgan fingerprint density at radius 3 is 1.78 bits per heavy atom. The molecule has 1 aliphatic rings. The third-order valence-electron chi connectivity index (χ3n) is 3.42. The number of benzene rings is 2. The van der Waals surface area contributed by atoms with Crippen molar-refractivity contribution in [1.29, 1.82) is 0 Å². The van der Waals surface area contributed by atoms with Crippen LogP contribution in [0.25, 0.3) is 10.8 Å². The van der Waals surface area contributed by atoms with Gasteiger partial charge in [-0.2, -0.15) is 0 Å². The molecule has 0 aromatic heterocycles. The molecule has 3 rings (SSSR count). The molecule has 2 aromatic carbocycles. The maximum absolute atomic E-state index is 12.0. The summed E-state index contributed by atoms with van der Waals surface area (Å²) in [5.41, 5.74) is 2.33. The van der Waals surface area contributed by atoms with Crippen LogP contribution in [0.2, 0.25) is 0 Å². The quantitative estimate of drug-likeness (QED) is 0.569. The third kappa shape index (κ3) is 1.18. The molecule has 0 atom stereocenters. The second-order valence-electron chi connectivity index (χ2n) is 4.54. The van der Waals surface area contributed by atoms with E-state index in [1.165, 1.54) is 0 Å². The van der Waals surface area contributed by atoms with E-state index in [4.69, 9.17) is 0 Å². The fraction of sp³-hybridized carbons (Fsp3) is 0.143. The fourth-order valence-corrected chi connectivity index (χ4v) is 2.48. The third-order valence-corrected chi connectivity index (χ3v) is 3.42. The number of carbonyl (C=O) groups excluding carboxylic acids is 2. The Bertz CT molecular complexity index is 662. The van der Waals surface area contributed by atoms with Crippen molar-refractivity contribution in [2.45, 2.75) is 13.8 Å². The van der Waals surface area contributed by atoms with Gasteiger partial charge in [-0.3, -0.25) is 14.8 Å². The molecular formula is C14H11NO3. The van der Waals surface area contributed by atoms with Crippen molar-refractivity contribution in [3.8, 4) is 0 Å². The van der Waals surface area contributed by atoms with Crippen LogP contribution in [0.5, 0.6) is 0 Å². The van der Waals surface area contributed by atoms with Gasteiger partial charge in [-0.15, -0.1) is 5.06 Å². The lowest BCUT2D eigenvalue weighted by Crippen LogP contribution is -2.38. The van der Waals surface area contributed by atoms with E-state index in [9.17, 15) is 14.8 Å². The molecule has 2 aromatic rings. The summed E-state index contributed by atoms with van der Waals surface area (Å²) in [6.45, 7) is 3.59. The number of aryl methyl sites for hydroxylation is 2. The smallest absolute Gasteiger partial charge is 0.278 e. The summed E-state index contributed by atoms with van der Waals surface area (Å²) in [6.07, 6.45) is 0. The van der Waals surface area contributed by atoms with Crippen LogP contribution in [0.15, 0.2) is 24.3 Å². The lowest BCUT2D eigenvalue weighted by atomic mass is 9.89. The zero-order valence-corrected chi connectivity index (χ0v) is 10.0. The molecule has 4 heteroatoms. The van der Waals surface area contributed by atoms with Crippen molar-refractivity contribution in [3.63, 3.8) is 0 Å². The Morgan fingerprint density at radius 2 is 1.33 bits per heavy atom. The maximum Gasteiger partial charge on any atom is 0.285 e. The van der Waals surface area contributed by atoms with Crippen molar-refractivity contribution < 1.29 is 14.8 Å². The molecule has 0 unspecified atom stereocenters. The maximum atomic E-state index is 12.0. The highest BCUT2D eigenvalue weighted by Gasteiger charge is 2.34. The van der Waals surface area contributed by atoms with Crippen molar-refractivity contribution in [3.05, 3.63) is 46.5 Å². The number of hydrogen-bond acceptors (Lipinski definition) is 3. The fourth-order valence-electron chi connectivity index (χ4n) is 2.48. The molecule has 2 amide bonds. The van der Waals surface area contributed by atoms with Gasteiger partial charge in [0.1, 0.15) is 0 Å². The second-order valence-corrected chi connectivity index (χ2v) is 4.54. The molecular weight excluding hydrogens is 230 g/mol. The van der Waals surface area contributed by atoms with Gasteiger partial charge >= 0.3 is 0 Å². The van der Waals surface area contributed by atoms with Crippen molar-refractivity contribution in [2.24, 2.45) is 0 Å². The summed E-state index contributed by atoms with van der Waals surface area (Å²) >= 11 is 0. The largest absolute Gasteiger partial charge is 0.285 e. The first-order valence-electron chi connectivity index (χ1n) is 5.63. The molecule has 0 fully saturated rings. The minimum atomic E-state index is -0.652. The summed E-state index contributed by atoms with van der Waals surface area (Å²) < 4.78 is 0. The van der Waals surface area contributed by atoms with Gasteiger partial charge < -0.3 is 0 Å². The number of rotatable bonds is 0. The SMILES string of the molecule is Cc1ccc2ccc(C)c3c2c1C(=O)N(O)C3=O. The monoisotopic (exact) mass is 241 g/mol. The summed E-state index contributed by atoms with van der Waals surface area (Å²) in [4.78, 5) is 24.0. The van der Waals surface area contributed by atoms with Crippen LogP contribution >= 0.6 is 0 Å². The minimum Gasteiger partial charge on any atom is -0.278 e. The van der Waals surface area contributed by atoms with Gasteiger partial charge in [-0.25, -0.2) is 0 Å². The van der Waals surface area contributed by atoms with Crippen molar-refractivity contribution in [2.75, 3.05) is 0 Å². The number of hydrogen-bond donors (Lipinski definition) is 1. The molecule has 0 bridgehead atoms. The molecule has 0 aliphatic carbocycles. The highest BCUT2D eigenvalue weighted by atomic mass is 16.5. The van der Waals surface area contributed by atoms with E-state index in [1.807, 2.05) is 24.3 Å². The van der Waals surface area contributed by atoms with Crippen LogP contribution in [-0.4, -0.2) is 22.1 Å². The van der Waals surface area contributed by atoms with Crippen LogP contribution in [0.3, 0.4) is 0 Å². The van der Waals surface area contributed by atoms with Gasteiger partial charge in [0.05, 0.1) is 11.1 Å². The van der Waals surface area contributed by atoms with Gasteiger partial charge in [0.15, 0.2) is 0 Å². The van der Waals surface area contributed by atoms with Gasteiger partial charge in [-0.05, 0) is 30.4 Å². The topological polar surface area (TPSA) is 57.6 Å². The standard InChI is InChI=1S/C14H11NO3/c1-7-3-5-9-6-4-8(2)11-12(9)10(7)13(16)15(18)14(11)17/h3-6,18H,1-2H3. The van der Waals surface area contributed by atoms with Gasteiger partial charge in [0.2, 0.25) is 0 Å². The van der Waals surface area contributed by atoms with E-state index in [2.05, 4.69) is 0 Å². The molecule has 0 saturated carbocycles. The predicted octanol–water partition coefficient (Wildman–Crippen LogP) is 2.44. The van der Waals surface area contributed by atoms with Crippen LogP contribution in [0.1, 0.15) is 31.8 Å². The number of carbonyl (C=O) groups is 2. The number of amides is 2. The van der Waals surface area contributed by atoms with Crippen LogP contribution in [-0.2, 0) is 0 Å². The molecule has 0 spiro atoms. The zero-order chi connectivity index (χ0) is 13.0. The first kappa shape index (κ1) is 10.9. The second kappa shape index (κ2) is 3.40. The van der Waals surface area contributed by atoms with Gasteiger partial charge in [0, 0.05) is 5.39 Å². The van der Waals surface area contributed by atoms with E-state index >= 15 is 0 Å². The number of imide groups is 1. The van der Waals surface area contributed by atoms with E-state index in [1.54, 1.807) is 13.8 Å². The summed E-state index contributed by atoms with van der Waals surface area (Å²) in [6, 6.07) is 7.39. The lowest BCUT2D eigenvalue weighted by molar-refractivity contribution is -0.0378. The van der Waals surface area contributed by atoms with E-state index in [0.29, 0.717) is 16.5 Å². The predicted molar refractivity (Wildman–Crippen MR) is 65.7 cm³/mol. The molecule has 0 saturated heterocycles. The van der Waals surface area contributed by atoms with Gasteiger partial charge in [0.25, 0.3) is 11.8 Å².